The van der Waals surface area contributed by atoms with Gasteiger partial charge in [-0.1, -0.05) is 0 Å². The van der Waals surface area contributed by atoms with Gasteiger partial charge < -0.3 is 4.42 Å². The van der Waals surface area contributed by atoms with Crippen LogP contribution < -0.4 is 0 Å². The summed E-state index contributed by atoms with van der Waals surface area (Å²) < 4.78 is 19.3. The van der Waals surface area contributed by atoms with Crippen LogP contribution in [0.5, 0.6) is 0 Å². The monoisotopic (exact) mass is 320 g/mol. The second-order valence-electron chi connectivity index (χ2n) is 2.43. The Kier molecular flexibility index (Phi) is 2.64. The first-order valence-corrected chi connectivity index (χ1v) is 5.19. The highest BCUT2D eigenvalue weighted by Gasteiger charge is 2.13. The highest BCUT2D eigenvalue weighted by molar-refractivity contribution is 9.10. The fourth-order valence-corrected chi connectivity index (χ4v) is 1.55. The standard InChI is InChI=1S/C8H3Br2FN2O/c9-5-2-1-4(14-5)7-6(11)8(10)13-3-12-7/h1-3H. The lowest BCUT2D eigenvalue weighted by Gasteiger charge is -1.98. The Morgan fingerprint density at radius 2 is 2.00 bits per heavy atom. The van der Waals surface area contributed by atoms with Crippen LogP contribution in [0.4, 0.5) is 4.39 Å². The number of aromatic nitrogens is 2. The van der Waals surface area contributed by atoms with Gasteiger partial charge >= 0.3 is 0 Å². The predicted octanol–water partition coefficient (Wildman–Crippen LogP) is 3.40. The molecule has 0 N–H and O–H groups in total. The fourth-order valence-electron chi connectivity index (χ4n) is 0.962. The van der Waals surface area contributed by atoms with Crippen LogP contribution in [-0.2, 0) is 0 Å². The summed E-state index contributed by atoms with van der Waals surface area (Å²) in [5.41, 5.74) is 0.137. The minimum Gasteiger partial charge on any atom is -0.448 e. The Bertz CT molecular complexity index is 472. The van der Waals surface area contributed by atoms with Crippen molar-refractivity contribution in [3.63, 3.8) is 0 Å². The Balaban J connectivity index is 2.57. The van der Waals surface area contributed by atoms with E-state index in [4.69, 9.17) is 4.42 Å². The van der Waals surface area contributed by atoms with Crippen LogP contribution in [0, 0.1) is 5.82 Å². The van der Waals surface area contributed by atoms with Gasteiger partial charge in [-0.25, -0.2) is 14.4 Å². The molecule has 0 bridgehead atoms. The number of nitrogens with zero attached hydrogens (tertiary/aromatic N) is 2. The van der Waals surface area contributed by atoms with Crippen LogP contribution in [0.1, 0.15) is 0 Å². The van der Waals surface area contributed by atoms with E-state index < -0.39 is 5.82 Å². The highest BCUT2D eigenvalue weighted by atomic mass is 79.9. The number of halogens is 3. The number of furan rings is 1. The maximum Gasteiger partial charge on any atom is 0.185 e. The summed E-state index contributed by atoms with van der Waals surface area (Å²) in [5, 5.41) is 0. The van der Waals surface area contributed by atoms with Crippen molar-refractivity contribution in [2.45, 2.75) is 0 Å². The summed E-state index contributed by atoms with van der Waals surface area (Å²) in [6.45, 7) is 0. The molecule has 3 nitrogen and oxygen atoms in total. The third-order valence-corrected chi connectivity index (χ3v) is 2.53. The molecule has 0 aliphatic rings. The molecule has 0 saturated heterocycles. The molecular formula is C8H3Br2FN2O. The second-order valence-corrected chi connectivity index (χ2v) is 3.96. The van der Waals surface area contributed by atoms with Gasteiger partial charge in [-0.05, 0) is 44.0 Å². The summed E-state index contributed by atoms with van der Waals surface area (Å²) in [6.07, 6.45) is 1.26. The van der Waals surface area contributed by atoms with Crippen molar-refractivity contribution in [3.8, 4) is 11.5 Å². The Labute approximate surface area is 95.6 Å². The van der Waals surface area contributed by atoms with E-state index in [0.29, 0.717) is 10.4 Å². The molecule has 72 valence electrons. The smallest absolute Gasteiger partial charge is 0.185 e. The lowest BCUT2D eigenvalue weighted by molar-refractivity contribution is 0.540. The summed E-state index contributed by atoms with van der Waals surface area (Å²) in [6, 6.07) is 3.30. The van der Waals surface area contributed by atoms with Crippen molar-refractivity contribution in [1.29, 1.82) is 0 Å². The minimum atomic E-state index is -0.533. The maximum absolute atomic E-state index is 13.4. The lowest BCUT2D eigenvalue weighted by Crippen LogP contribution is -1.91. The first-order valence-electron chi connectivity index (χ1n) is 3.60. The molecule has 0 aromatic carbocycles. The van der Waals surface area contributed by atoms with Gasteiger partial charge in [0.15, 0.2) is 16.2 Å². The zero-order valence-corrected chi connectivity index (χ0v) is 9.84. The van der Waals surface area contributed by atoms with E-state index in [-0.39, 0.29) is 10.3 Å². The SMILES string of the molecule is Fc1c(Br)ncnc1-c1ccc(Br)o1. The quantitative estimate of drug-likeness (QED) is 0.756. The molecule has 0 radical (unpaired) electrons. The first kappa shape index (κ1) is 9.79. The van der Waals surface area contributed by atoms with Gasteiger partial charge in [-0.15, -0.1) is 0 Å². The van der Waals surface area contributed by atoms with E-state index in [1.165, 1.54) is 6.33 Å². The third-order valence-electron chi connectivity index (χ3n) is 1.55. The second kappa shape index (κ2) is 3.78. The average molecular weight is 322 g/mol. The molecule has 0 amide bonds. The van der Waals surface area contributed by atoms with E-state index in [0.717, 1.165) is 0 Å². The molecule has 2 aromatic heterocycles. The summed E-state index contributed by atoms with van der Waals surface area (Å²) >= 11 is 6.10. The lowest BCUT2D eigenvalue weighted by atomic mass is 10.3. The van der Waals surface area contributed by atoms with E-state index in [1.807, 2.05) is 0 Å². The van der Waals surface area contributed by atoms with Crippen LogP contribution in [0.15, 0.2) is 32.1 Å². The topological polar surface area (TPSA) is 38.9 Å². The fraction of sp³-hybridized carbons (Fsp3) is 0. The van der Waals surface area contributed by atoms with Crippen molar-refractivity contribution < 1.29 is 8.81 Å². The molecule has 0 saturated carbocycles. The van der Waals surface area contributed by atoms with E-state index in [9.17, 15) is 4.39 Å². The molecule has 6 heteroatoms. The van der Waals surface area contributed by atoms with Crippen molar-refractivity contribution in [2.75, 3.05) is 0 Å². The van der Waals surface area contributed by atoms with Gasteiger partial charge in [0.1, 0.15) is 16.6 Å². The molecule has 14 heavy (non-hydrogen) atoms. The van der Waals surface area contributed by atoms with Gasteiger partial charge in [-0.3, -0.25) is 0 Å². The van der Waals surface area contributed by atoms with Crippen LogP contribution >= 0.6 is 31.9 Å². The predicted molar refractivity (Wildman–Crippen MR) is 55.1 cm³/mol. The molecule has 0 atom stereocenters. The molecule has 0 fully saturated rings. The van der Waals surface area contributed by atoms with Crippen LogP contribution in [0.2, 0.25) is 0 Å². The van der Waals surface area contributed by atoms with Gasteiger partial charge in [0, 0.05) is 0 Å². The van der Waals surface area contributed by atoms with Crippen LogP contribution in [0.3, 0.4) is 0 Å². The van der Waals surface area contributed by atoms with Gasteiger partial charge in [0.25, 0.3) is 0 Å². The first-order chi connectivity index (χ1) is 6.68. The molecule has 0 spiro atoms. The van der Waals surface area contributed by atoms with Gasteiger partial charge in [0.05, 0.1) is 0 Å². The van der Waals surface area contributed by atoms with Gasteiger partial charge in [0.2, 0.25) is 0 Å². The Morgan fingerprint density at radius 1 is 1.21 bits per heavy atom. The minimum absolute atomic E-state index is 0.120. The zero-order chi connectivity index (χ0) is 10.1. The van der Waals surface area contributed by atoms with Crippen molar-refractivity contribution >= 4 is 31.9 Å². The van der Waals surface area contributed by atoms with E-state index >= 15 is 0 Å². The molecule has 2 rings (SSSR count). The van der Waals surface area contributed by atoms with E-state index in [1.54, 1.807) is 12.1 Å². The van der Waals surface area contributed by atoms with Gasteiger partial charge in [-0.2, -0.15) is 0 Å². The molecular weight excluding hydrogens is 319 g/mol. The summed E-state index contributed by atoms with van der Waals surface area (Å²) in [7, 11) is 0. The van der Waals surface area contributed by atoms with Crippen molar-refractivity contribution in [2.24, 2.45) is 0 Å². The number of hydrogen-bond acceptors (Lipinski definition) is 3. The molecule has 0 aliphatic carbocycles. The van der Waals surface area contributed by atoms with Crippen LogP contribution in [-0.4, -0.2) is 9.97 Å². The van der Waals surface area contributed by atoms with Crippen molar-refractivity contribution in [1.82, 2.24) is 9.97 Å². The Hall–Kier alpha value is -0.750. The number of hydrogen-bond donors (Lipinski definition) is 0. The van der Waals surface area contributed by atoms with Crippen molar-refractivity contribution in [3.05, 3.63) is 33.5 Å². The molecule has 0 unspecified atom stereocenters. The van der Waals surface area contributed by atoms with E-state index in [2.05, 4.69) is 41.8 Å². The molecule has 0 aliphatic heterocycles. The summed E-state index contributed by atoms with van der Waals surface area (Å²) in [4.78, 5) is 7.44. The third kappa shape index (κ3) is 1.72. The number of rotatable bonds is 1. The normalized spacial score (nSPS) is 10.5. The molecule has 2 heterocycles. The van der Waals surface area contributed by atoms with Crippen LogP contribution in [0.25, 0.3) is 11.5 Å². The Morgan fingerprint density at radius 3 is 2.64 bits per heavy atom. The average Bonchev–Trinajstić information content (AvgIpc) is 2.57. The molecule has 2 aromatic rings. The maximum atomic E-state index is 13.4. The highest BCUT2D eigenvalue weighted by Crippen LogP contribution is 2.27. The zero-order valence-electron chi connectivity index (χ0n) is 6.67. The largest absolute Gasteiger partial charge is 0.448 e. The summed E-state index contributed by atoms with van der Waals surface area (Å²) in [5.74, 6) is -0.174.